The predicted molar refractivity (Wildman–Crippen MR) is 346 cm³/mol. The SMILES string of the molecule is CC(C)(C)COC(=O)N1CC(CC#N)(n2cc(C(N)=O)c(Nc3cccc(NC(O)c4cn(C5(CC#N)CN(C(=O)OC6CCCCC6)C5)nc4Nc4ccc(NC(=O)c5cn(C6(CC#N)CN(C(=O)OCCc7ccccc7)C6)nc5Nc5ccccc5)cc4)c3)n2)C1. The Morgan fingerprint density at radius 1 is 0.596 bits per heavy atom. The number of amides is 5. The van der Waals surface area contributed by atoms with E-state index in [1.54, 1.807) is 75.2 Å². The highest BCUT2D eigenvalue weighted by Gasteiger charge is 2.52. The first-order chi connectivity index (χ1) is 45.3. The van der Waals surface area contributed by atoms with Crippen LogP contribution in [0.4, 0.5) is 60.3 Å². The molecule has 6 heterocycles. The molecule has 5 amide bonds. The van der Waals surface area contributed by atoms with Gasteiger partial charge in [-0.05, 0) is 91.3 Å². The second-order valence-electron chi connectivity index (χ2n) is 25.7. The molecule has 94 heavy (non-hydrogen) atoms. The van der Waals surface area contributed by atoms with E-state index >= 15 is 0 Å². The Hall–Kier alpha value is -11.1. The average Bonchev–Trinajstić information content (AvgIpc) is 1.47. The Kier molecular flexibility index (Phi) is 18.8. The van der Waals surface area contributed by atoms with Crippen LogP contribution in [0.5, 0.6) is 0 Å². The lowest BCUT2D eigenvalue weighted by Crippen LogP contribution is -2.64. The zero-order chi connectivity index (χ0) is 66.2. The number of nitrogens with one attached hydrogen (secondary N) is 5. The van der Waals surface area contributed by atoms with Crippen molar-refractivity contribution in [1.82, 2.24) is 44.0 Å². The molecule has 1 atom stereocenters. The van der Waals surface area contributed by atoms with Gasteiger partial charge in [0, 0.05) is 53.4 Å². The number of aromatic nitrogens is 6. The molecule has 3 saturated heterocycles. The number of para-hydroxylation sites is 1. The van der Waals surface area contributed by atoms with Crippen molar-refractivity contribution in [2.75, 3.05) is 79.1 Å². The maximum Gasteiger partial charge on any atom is 0.410 e. The van der Waals surface area contributed by atoms with Crippen LogP contribution >= 0.6 is 0 Å². The summed E-state index contributed by atoms with van der Waals surface area (Å²) in [5.41, 5.74) is 6.59. The number of aliphatic hydroxyl groups is 1. The van der Waals surface area contributed by atoms with Crippen molar-refractivity contribution in [3.8, 4) is 18.2 Å². The van der Waals surface area contributed by atoms with E-state index in [0.717, 1.165) is 37.7 Å². The molecule has 7 aromatic rings. The van der Waals surface area contributed by atoms with Crippen LogP contribution in [0.2, 0.25) is 0 Å². The monoisotopic (exact) mass is 1270 g/mol. The highest BCUT2D eigenvalue weighted by atomic mass is 16.6. The van der Waals surface area contributed by atoms with E-state index in [9.17, 15) is 44.9 Å². The fourth-order valence-electron chi connectivity index (χ4n) is 12.0. The summed E-state index contributed by atoms with van der Waals surface area (Å²) in [6, 6.07) is 39.1. The quantitative estimate of drug-likeness (QED) is 0.0231. The highest BCUT2D eigenvalue weighted by molar-refractivity contribution is 6.08. The molecule has 1 aliphatic carbocycles. The van der Waals surface area contributed by atoms with Crippen LogP contribution in [-0.4, -0.2) is 138 Å². The Morgan fingerprint density at radius 2 is 1.07 bits per heavy atom. The Labute approximate surface area is 542 Å². The zero-order valence-electron chi connectivity index (χ0n) is 52.5. The molecule has 486 valence electrons. The summed E-state index contributed by atoms with van der Waals surface area (Å²) in [6.07, 6.45) is 6.61. The van der Waals surface area contributed by atoms with Crippen molar-refractivity contribution in [2.45, 2.75) is 108 Å². The zero-order valence-corrected chi connectivity index (χ0v) is 52.5. The lowest BCUT2D eigenvalue weighted by atomic mass is 9.87. The second kappa shape index (κ2) is 27.4. The minimum atomic E-state index is -1.46. The fraction of sp³-hybridized carbons (Fsp3) is 0.388. The number of aliphatic hydroxyl groups excluding tert-OH is 1. The number of rotatable bonds is 23. The molecule has 11 rings (SSSR count). The number of nitriles is 3. The van der Waals surface area contributed by atoms with Gasteiger partial charge in [0.1, 0.15) is 33.8 Å². The van der Waals surface area contributed by atoms with E-state index in [1.807, 2.05) is 81.4 Å². The van der Waals surface area contributed by atoms with Gasteiger partial charge < -0.3 is 66.3 Å². The number of carbonyl (C=O) groups excluding carboxylic acids is 5. The summed E-state index contributed by atoms with van der Waals surface area (Å²) < 4.78 is 21.6. The summed E-state index contributed by atoms with van der Waals surface area (Å²) in [4.78, 5) is 71.4. The molecule has 27 heteroatoms. The van der Waals surface area contributed by atoms with Gasteiger partial charge in [-0.25, -0.2) is 14.4 Å². The number of carbonyl (C=O) groups is 5. The van der Waals surface area contributed by atoms with Crippen LogP contribution in [0.25, 0.3) is 0 Å². The number of anilines is 8. The van der Waals surface area contributed by atoms with E-state index in [2.05, 4.69) is 49.9 Å². The Bertz CT molecular complexity index is 4020. The molecule has 3 aliphatic heterocycles. The maximum atomic E-state index is 14.4. The third-order valence-corrected chi connectivity index (χ3v) is 17.1. The molecule has 4 fully saturated rings. The van der Waals surface area contributed by atoms with Gasteiger partial charge in [0.15, 0.2) is 23.7 Å². The molecule has 1 unspecified atom stereocenters. The van der Waals surface area contributed by atoms with Gasteiger partial charge in [-0.3, -0.25) is 23.6 Å². The standard InChI is InChI=1S/C67H74N18O9/c1-64(2,3)44-93-62(90)81-40-65(41-81,27-30-68)83-35-52(55(71)86)56(77-83)74-49-18-13-19-50(34-49)76-60(88)54-37-85(67(29-32-70)42-82(43-67)63(91)94-51-20-11-6-12-21-51)79-58(54)73-47-22-24-48(25-23-47)75-59(87)53-36-84(78-57(53)72-46-16-9-5-10-17-46)66(28-31-69)38-80(39-66)61(89)92-33-26-45-14-7-4-8-15-45/h4-5,7-10,13-19,22-25,34-37,51,60,76,88H,6,11-12,20-21,26-29,33,38-44H2,1-3H3,(H2,71,86)(H,72,78)(H,73,79)(H,74,77)(H,75,87). The summed E-state index contributed by atoms with van der Waals surface area (Å²) in [7, 11) is 0. The number of nitrogens with two attached hydrogens (primary N) is 1. The molecule has 8 N–H and O–H groups in total. The van der Waals surface area contributed by atoms with Crippen LogP contribution in [0.15, 0.2) is 128 Å². The van der Waals surface area contributed by atoms with Crippen molar-refractivity contribution in [3.63, 3.8) is 0 Å². The summed E-state index contributed by atoms with van der Waals surface area (Å²) >= 11 is 0. The minimum Gasteiger partial charge on any atom is -0.449 e. The van der Waals surface area contributed by atoms with E-state index < -0.39 is 52.9 Å². The summed E-state index contributed by atoms with van der Waals surface area (Å²) in [5.74, 6) is -0.808. The third kappa shape index (κ3) is 14.5. The topological polar surface area (TPSA) is 354 Å². The second-order valence-corrected chi connectivity index (χ2v) is 25.7. The molecule has 0 bridgehead atoms. The van der Waals surface area contributed by atoms with Crippen LogP contribution in [0.3, 0.4) is 0 Å². The summed E-state index contributed by atoms with van der Waals surface area (Å²) in [6.45, 7) is 6.91. The van der Waals surface area contributed by atoms with E-state index in [0.29, 0.717) is 34.9 Å². The van der Waals surface area contributed by atoms with Crippen LogP contribution in [-0.2, 0) is 37.2 Å². The smallest absolute Gasteiger partial charge is 0.410 e. The highest BCUT2D eigenvalue weighted by Crippen LogP contribution is 2.40. The first kappa shape index (κ1) is 64.4. The van der Waals surface area contributed by atoms with E-state index in [-0.39, 0.29) is 117 Å². The van der Waals surface area contributed by atoms with Gasteiger partial charge in [0.2, 0.25) is 0 Å². The Balaban J connectivity index is 0.814. The van der Waals surface area contributed by atoms with Gasteiger partial charge in [-0.15, -0.1) is 0 Å². The van der Waals surface area contributed by atoms with E-state index in [4.69, 9.17) is 30.1 Å². The molecule has 27 nitrogen and oxygen atoms in total. The summed E-state index contributed by atoms with van der Waals surface area (Å²) in [5, 5.41) is 72.6. The van der Waals surface area contributed by atoms with Crippen molar-refractivity contribution < 1.29 is 43.3 Å². The Morgan fingerprint density at radius 3 is 1.66 bits per heavy atom. The molecule has 3 aromatic heterocycles. The van der Waals surface area contributed by atoms with Gasteiger partial charge in [0.05, 0.1) is 95.5 Å². The normalized spacial score (nSPS) is 16.4. The van der Waals surface area contributed by atoms with Crippen LogP contribution in [0.1, 0.15) is 110 Å². The molecular weight excluding hydrogens is 1200 g/mol. The molecule has 0 radical (unpaired) electrons. The van der Waals surface area contributed by atoms with Crippen molar-refractivity contribution >= 4 is 76.0 Å². The number of ether oxygens (including phenoxy) is 3. The lowest BCUT2D eigenvalue weighted by molar-refractivity contribution is -0.0202. The van der Waals surface area contributed by atoms with Crippen LogP contribution < -0.4 is 32.3 Å². The first-order valence-corrected chi connectivity index (χ1v) is 31.1. The number of benzene rings is 4. The van der Waals surface area contributed by atoms with Gasteiger partial charge in [0.25, 0.3) is 11.8 Å². The minimum absolute atomic E-state index is 0.00398. The lowest BCUT2D eigenvalue weighted by Gasteiger charge is -2.48. The van der Waals surface area contributed by atoms with Gasteiger partial charge in [-0.2, -0.15) is 31.1 Å². The molecule has 0 spiro atoms. The van der Waals surface area contributed by atoms with Gasteiger partial charge in [-0.1, -0.05) is 81.8 Å². The predicted octanol–water partition coefficient (Wildman–Crippen LogP) is 9.77. The van der Waals surface area contributed by atoms with Crippen molar-refractivity contribution in [3.05, 3.63) is 150 Å². The van der Waals surface area contributed by atoms with E-state index in [1.165, 1.54) is 20.7 Å². The molecule has 4 aromatic carbocycles. The molecule has 1 saturated carbocycles. The van der Waals surface area contributed by atoms with Gasteiger partial charge >= 0.3 is 18.3 Å². The third-order valence-electron chi connectivity index (χ3n) is 17.1. The molecular formula is C67H74N18O9. The fourth-order valence-corrected chi connectivity index (χ4v) is 12.0. The number of likely N-dealkylation sites (tertiary alicyclic amines) is 3. The number of nitrogens with zero attached hydrogens (tertiary/aromatic N) is 12. The maximum absolute atomic E-state index is 14.4. The number of hydrogen-bond donors (Lipinski definition) is 7. The molecule has 4 aliphatic rings. The van der Waals surface area contributed by atoms with Crippen LogP contribution in [0, 0.1) is 39.4 Å². The first-order valence-electron chi connectivity index (χ1n) is 31.1. The number of primary amides is 1. The van der Waals surface area contributed by atoms with Crippen molar-refractivity contribution in [1.29, 1.82) is 15.8 Å². The van der Waals surface area contributed by atoms with Crippen molar-refractivity contribution in [2.24, 2.45) is 11.1 Å². The average molecular weight is 1280 g/mol. The number of hydrogen-bond acceptors (Lipinski definition) is 19. The largest absolute Gasteiger partial charge is 0.449 e.